The third-order valence-corrected chi connectivity index (χ3v) is 2.79. The Kier molecular flexibility index (Phi) is 6.72. The number of ether oxygens (including phenoxy) is 1. The van der Waals surface area contributed by atoms with E-state index in [2.05, 4.69) is 18.3 Å². The maximum absolute atomic E-state index is 11.5. The summed E-state index contributed by atoms with van der Waals surface area (Å²) in [4.78, 5) is 11.5. The third-order valence-electron chi connectivity index (χ3n) is 2.79. The molecule has 0 spiro atoms. The fraction of sp³-hybridized carbons (Fsp3) is 0.438. The highest BCUT2D eigenvalue weighted by atomic mass is 16.5. The minimum Gasteiger partial charge on any atom is -0.493 e. The first-order chi connectivity index (χ1) is 9.13. The minimum absolute atomic E-state index is 0.0364. The molecule has 19 heavy (non-hydrogen) atoms. The minimum atomic E-state index is 0.0364. The van der Waals surface area contributed by atoms with E-state index in [9.17, 15) is 4.79 Å². The molecule has 1 amide bonds. The van der Waals surface area contributed by atoms with Gasteiger partial charge in [0.15, 0.2) is 0 Å². The molecular formula is C16H23NO2. The molecule has 0 saturated carbocycles. The molecule has 0 atom stereocenters. The monoisotopic (exact) mass is 261 g/mol. The number of benzene rings is 1. The molecule has 104 valence electrons. The Morgan fingerprint density at radius 3 is 2.84 bits per heavy atom. The second kappa shape index (κ2) is 8.35. The molecule has 0 aliphatic rings. The highest BCUT2D eigenvalue weighted by molar-refractivity contribution is 5.75. The summed E-state index contributed by atoms with van der Waals surface area (Å²) in [5.74, 6) is 0.890. The van der Waals surface area contributed by atoms with E-state index in [1.807, 2.05) is 38.1 Å². The summed E-state index contributed by atoms with van der Waals surface area (Å²) < 4.78 is 5.62. The number of amides is 1. The van der Waals surface area contributed by atoms with E-state index in [-0.39, 0.29) is 5.91 Å². The molecule has 3 nitrogen and oxygen atoms in total. The van der Waals surface area contributed by atoms with Gasteiger partial charge in [-0.25, -0.2) is 0 Å². The summed E-state index contributed by atoms with van der Waals surface area (Å²) in [5, 5.41) is 2.86. The van der Waals surface area contributed by atoms with Gasteiger partial charge in [0.2, 0.25) is 5.91 Å². The number of hydrogen-bond acceptors (Lipinski definition) is 2. The fourth-order valence-electron chi connectivity index (χ4n) is 1.76. The molecule has 1 aromatic rings. The van der Waals surface area contributed by atoms with E-state index in [1.54, 1.807) is 0 Å². The Morgan fingerprint density at radius 1 is 1.37 bits per heavy atom. The Labute approximate surface area is 115 Å². The lowest BCUT2D eigenvalue weighted by Gasteiger charge is -2.09. The highest BCUT2D eigenvalue weighted by Crippen LogP contribution is 2.18. The Morgan fingerprint density at radius 2 is 2.16 bits per heavy atom. The van der Waals surface area contributed by atoms with Crippen LogP contribution in [0.15, 0.2) is 30.4 Å². The van der Waals surface area contributed by atoms with Gasteiger partial charge >= 0.3 is 0 Å². The van der Waals surface area contributed by atoms with Crippen molar-refractivity contribution in [2.24, 2.45) is 0 Å². The molecule has 1 N–H and O–H groups in total. The number of carbonyl (C=O) groups excluding carboxylic acids is 1. The van der Waals surface area contributed by atoms with Crippen LogP contribution in [0.25, 0.3) is 0 Å². The van der Waals surface area contributed by atoms with Crippen LogP contribution in [-0.4, -0.2) is 19.1 Å². The van der Waals surface area contributed by atoms with Crippen LogP contribution in [0.5, 0.6) is 5.75 Å². The molecule has 1 rings (SSSR count). The normalized spacial score (nSPS) is 10.7. The summed E-state index contributed by atoms with van der Waals surface area (Å²) in [6.07, 6.45) is 5.28. The van der Waals surface area contributed by atoms with Crippen molar-refractivity contribution in [1.82, 2.24) is 5.32 Å². The predicted molar refractivity (Wildman–Crippen MR) is 78.5 cm³/mol. The van der Waals surface area contributed by atoms with Crippen LogP contribution in [0, 0.1) is 13.8 Å². The Hall–Kier alpha value is -1.77. The number of aryl methyl sites for hydroxylation is 2. The van der Waals surface area contributed by atoms with Gasteiger partial charge in [-0.3, -0.25) is 4.79 Å². The van der Waals surface area contributed by atoms with Crippen molar-refractivity contribution < 1.29 is 9.53 Å². The molecule has 0 aromatic heterocycles. The molecule has 0 bridgehead atoms. The summed E-state index contributed by atoms with van der Waals surface area (Å²) in [5.41, 5.74) is 2.32. The zero-order chi connectivity index (χ0) is 14.1. The van der Waals surface area contributed by atoms with Gasteiger partial charge in [-0.15, -0.1) is 0 Å². The van der Waals surface area contributed by atoms with Crippen molar-refractivity contribution in [3.8, 4) is 5.75 Å². The molecular weight excluding hydrogens is 238 g/mol. The lowest BCUT2D eigenvalue weighted by Crippen LogP contribution is -2.25. The number of rotatable bonds is 7. The van der Waals surface area contributed by atoms with Gasteiger partial charge in [-0.1, -0.05) is 29.8 Å². The summed E-state index contributed by atoms with van der Waals surface area (Å²) >= 11 is 0. The van der Waals surface area contributed by atoms with Gasteiger partial charge < -0.3 is 10.1 Å². The first-order valence-corrected chi connectivity index (χ1v) is 6.71. The molecule has 0 aliphatic carbocycles. The zero-order valence-corrected chi connectivity index (χ0v) is 12.0. The van der Waals surface area contributed by atoms with Crippen LogP contribution >= 0.6 is 0 Å². The van der Waals surface area contributed by atoms with E-state index in [4.69, 9.17) is 4.74 Å². The lowest BCUT2D eigenvalue weighted by atomic mass is 10.1. The van der Waals surface area contributed by atoms with Crippen LogP contribution in [-0.2, 0) is 4.79 Å². The standard InChI is InChI=1S/C16H23NO2/c1-4-5-6-10-17-16(18)9-11-19-15-8-7-13(2)12-14(15)3/h4-5,7-8,12H,6,9-11H2,1-3H3,(H,17,18)/b5-4+. The van der Waals surface area contributed by atoms with Gasteiger partial charge in [0.1, 0.15) is 5.75 Å². The smallest absolute Gasteiger partial charge is 0.223 e. The molecule has 3 heteroatoms. The van der Waals surface area contributed by atoms with Gasteiger partial charge in [0.25, 0.3) is 0 Å². The third kappa shape index (κ3) is 6.09. The van der Waals surface area contributed by atoms with E-state index in [1.165, 1.54) is 5.56 Å². The van der Waals surface area contributed by atoms with Gasteiger partial charge in [-0.2, -0.15) is 0 Å². The van der Waals surface area contributed by atoms with Crippen LogP contribution in [0.1, 0.15) is 30.9 Å². The van der Waals surface area contributed by atoms with E-state index in [0.717, 1.165) is 17.7 Å². The summed E-state index contributed by atoms with van der Waals surface area (Å²) in [7, 11) is 0. The topological polar surface area (TPSA) is 38.3 Å². The Balaban J connectivity index is 2.24. The van der Waals surface area contributed by atoms with Crippen molar-refractivity contribution in [1.29, 1.82) is 0 Å². The molecule has 0 unspecified atom stereocenters. The average Bonchev–Trinajstić information content (AvgIpc) is 2.37. The maximum atomic E-state index is 11.5. The van der Waals surface area contributed by atoms with Crippen LogP contribution in [0.2, 0.25) is 0 Å². The second-order valence-electron chi connectivity index (χ2n) is 4.58. The maximum Gasteiger partial charge on any atom is 0.223 e. The van der Waals surface area contributed by atoms with Gasteiger partial charge in [-0.05, 0) is 38.8 Å². The molecule has 0 radical (unpaired) electrons. The van der Waals surface area contributed by atoms with E-state index >= 15 is 0 Å². The Bertz CT molecular complexity index is 438. The molecule has 0 fully saturated rings. The first kappa shape index (κ1) is 15.3. The van der Waals surface area contributed by atoms with Crippen LogP contribution in [0.4, 0.5) is 0 Å². The van der Waals surface area contributed by atoms with Crippen molar-refractivity contribution in [3.05, 3.63) is 41.5 Å². The average molecular weight is 261 g/mol. The van der Waals surface area contributed by atoms with Gasteiger partial charge in [0.05, 0.1) is 13.0 Å². The van der Waals surface area contributed by atoms with Crippen molar-refractivity contribution in [2.75, 3.05) is 13.2 Å². The quantitative estimate of drug-likeness (QED) is 0.605. The first-order valence-electron chi connectivity index (χ1n) is 6.71. The van der Waals surface area contributed by atoms with Crippen molar-refractivity contribution in [2.45, 2.75) is 33.6 Å². The van der Waals surface area contributed by atoms with Crippen molar-refractivity contribution >= 4 is 5.91 Å². The molecule has 1 aromatic carbocycles. The van der Waals surface area contributed by atoms with Gasteiger partial charge in [0, 0.05) is 6.54 Å². The SMILES string of the molecule is C/C=C/CCNC(=O)CCOc1ccc(C)cc1C. The lowest BCUT2D eigenvalue weighted by molar-refractivity contribution is -0.121. The van der Waals surface area contributed by atoms with Crippen LogP contribution < -0.4 is 10.1 Å². The highest BCUT2D eigenvalue weighted by Gasteiger charge is 2.03. The molecule has 0 heterocycles. The summed E-state index contributed by atoms with van der Waals surface area (Å²) in [6.45, 7) is 7.14. The number of nitrogens with one attached hydrogen (secondary N) is 1. The number of hydrogen-bond donors (Lipinski definition) is 1. The zero-order valence-electron chi connectivity index (χ0n) is 12.0. The predicted octanol–water partition coefficient (Wildman–Crippen LogP) is 3.15. The van der Waals surface area contributed by atoms with Crippen molar-refractivity contribution in [3.63, 3.8) is 0 Å². The van der Waals surface area contributed by atoms with Crippen LogP contribution in [0.3, 0.4) is 0 Å². The second-order valence-corrected chi connectivity index (χ2v) is 4.58. The molecule has 0 saturated heterocycles. The van der Waals surface area contributed by atoms with E-state index < -0.39 is 0 Å². The van der Waals surface area contributed by atoms with E-state index in [0.29, 0.717) is 19.6 Å². The molecule has 0 aliphatic heterocycles. The number of carbonyl (C=O) groups is 1. The largest absolute Gasteiger partial charge is 0.493 e. The summed E-state index contributed by atoms with van der Waals surface area (Å²) in [6, 6.07) is 6.04. The number of allylic oxidation sites excluding steroid dienone is 1. The fourth-order valence-corrected chi connectivity index (χ4v) is 1.76.